The van der Waals surface area contributed by atoms with Crippen LogP contribution in [0.15, 0.2) is 61.5 Å². The highest BCUT2D eigenvalue weighted by molar-refractivity contribution is 5.87. The standard InChI is InChI=1S/C19H18F3N3O/c1-2-18(26)24-12-15(17(13-24)25-11-3-10-23-25)7-4-14-5-8-16(9-6-14)19(20,21)22/h2-11,15,17H,1,12-13H2/b7-4+. The number of rotatable bonds is 4. The van der Waals surface area contributed by atoms with Crippen molar-refractivity contribution in [1.29, 1.82) is 0 Å². The maximum Gasteiger partial charge on any atom is 0.416 e. The topological polar surface area (TPSA) is 38.1 Å². The minimum atomic E-state index is -4.34. The average molecular weight is 361 g/mol. The van der Waals surface area contributed by atoms with Gasteiger partial charge in [0.05, 0.1) is 11.6 Å². The van der Waals surface area contributed by atoms with Crippen LogP contribution in [-0.2, 0) is 11.0 Å². The predicted molar refractivity (Wildman–Crippen MR) is 92.0 cm³/mol. The van der Waals surface area contributed by atoms with Gasteiger partial charge in [0.1, 0.15) is 0 Å². The molecule has 1 amide bonds. The smallest absolute Gasteiger partial charge is 0.336 e. The number of carbonyl (C=O) groups excluding carboxylic acids is 1. The molecule has 0 radical (unpaired) electrons. The van der Waals surface area contributed by atoms with E-state index in [1.54, 1.807) is 21.9 Å². The van der Waals surface area contributed by atoms with E-state index in [2.05, 4.69) is 11.7 Å². The first-order valence-electron chi connectivity index (χ1n) is 8.14. The summed E-state index contributed by atoms with van der Waals surface area (Å²) < 4.78 is 39.7. The lowest BCUT2D eigenvalue weighted by atomic mass is 10.0. The maximum absolute atomic E-state index is 12.6. The maximum atomic E-state index is 12.6. The molecule has 0 aliphatic carbocycles. The van der Waals surface area contributed by atoms with Crippen LogP contribution >= 0.6 is 0 Å². The van der Waals surface area contributed by atoms with Crippen molar-refractivity contribution < 1.29 is 18.0 Å². The zero-order chi connectivity index (χ0) is 18.7. The molecule has 7 heteroatoms. The first-order valence-corrected chi connectivity index (χ1v) is 8.14. The van der Waals surface area contributed by atoms with E-state index >= 15 is 0 Å². The first kappa shape index (κ1) is 18.0. The number of halogens is 3. The summed E-state index contributed by atoms with van der Waals surface area (Å²) >= 11 is 0. The largest absolute Gasteiger partial charge is 0.416 e. The molecular weight excluding hydrogens is 343 g/mol. The van der Waals surface area contributed by atoms with Gasteiger partial charge >= 0.3 is 6.18 Å². The molecule has 1 aromatic heterocycles. The van der Waals surface area contributed by atoms with Crippen molar-refractivity contribution in [2.45, 2.75) is 12.2 Å². The SMILES string of the molecule is C=CC(=O)N1CC(/C=C/c2ccc(C(F)(F)F)cc2)C(n2cccn2)C1. The highest BCUT2D eigenvalue weighted by atomic mass is 19.4. The van der Waals surface area contributed by atoms with Crippen LogP contribution in [0.3, 0.4) is 0 Å². The number of hydrogen-bond donors (Lipinski definition) is 0. The van der Waals surface area contributed by atoms with Gasteiger partial charge in [-0.2, -0.15) is 18.3 Å². The van der Waals surface area contributed by atoms with E-state index < -0.39 is 11.7 Å². The van der Waals surface area contributed by atoms with Gasteiger partial charge in [-0.15, -0.1) is 0 Å². The van der Waals surface area contributed by atoms with Gasteiger partial charge in [0, 0.05) is 31.4 Å². The Labute approximate surface area is 149 Å². The van der Waals surface area contributed by atoms with Crippen LogP contribution in [0.25, 0.3) is 6.08 Å². The summed E-state index contributed by atoms with van der Waals surface area (Å²) in [6, 6.07) is 6.78. The molecule has 3 rings (SSSR count). The fourth-order valence-corrected chi connectivity index (χ4v) is 3.08. The van der Waals surface area contributed by atoms with Gasteiger partial charge in [-0.3, -0.25) is 9.48 Å². The molecule has 4 nitrogen and oxygen atoms in total. The molecule has 2 unspecified atom stereocenters. The van der Waals surface area contributed by atoms with Crippen LogP contribution in [0.1, 0.15) is 17.2 Å². The van der Waals surface area contributed by atoms with Crippen LogP contribution in [0.2, 0.25) is 0 Å². The number of carbonyl (C=O) groups is 1. The van der Waals surface area contributed by atoms with E-state index in [0.717, 1.165) is 12.1 Å². The number of hydrogen-bond acceptors (Lipinski definition) is 2. The lowest BCUT2D eigenvalue weighted by Gasteiger charge is -2.15. The predicted octanol–water partition coefficient (Wildman–Crippen LogP) is 3.80. The number of benzene rings is 1. The second-order valence-corrected chi connectivity index (χ2v) is 6.14. The second kappa shape index (κ2) is 7.19. The van der Waals surface area contributed by atoms with E-state index in [1.807, 2.05) is 18.3 Å². The molecule has 2 atom stereocenters. The van der Waals surface area contributed by atoms with Crippen LogP contribution in [-0.4, -0.2) is 33.7 Å². The van der Waals surface area contributed by atoms with E-state index in [4.69, 9.17) is 0 Å². The zero-order valence-corrected chi connectivity index (χ0v) is 13.9. The Balaban J connectivity index is 1.78. The van der Waals surface area contributed by atoms with Gasteiger partial charge in [0.25, 0.3) is 0 Å². The summed E-state index contributed by atoms with van der Waals surface area (Å²) in [5.74, 6) is -0.145. The van der Waals surface area contributed by atoms with Gasteiger partial charge in [-0.25, -0.2) is 0 Å². The van der Waals surface area contributed by atoms with Crippen LogP contribution in [0.5, 0.6) is 0 Å². The van der Waals surface area contributed by atoms with Crippen molar-refractivity contribution in [3.63, 3.8) is 0 Å². The second-order valence-electron chi connectivity index (χ2n) is 6.14. The van der Waals surface area contributed by atoms with Crippen LogP contribution in [0.4, 0.5) is 13.2 Å². The van der Waals surface area contributed by atoms with Gasteiger partial charge in [-0.05, 0) is 29.8 Å². The van der Waals surface area contributed by atoms with Crippen molar-refractivity contribution in [2.24, 2.45) is 5.92 Å². The van der Waals surface area contributed by atoms with E-state index in [-0.39, 0.29) is 17.9 Å². The van der Waals surface area contributed by atoms with E-state index in [0.29, 0.717) is 18.7 Å². The number of alkyl halides is 3. The molecule has 0 spiro atoms. The molecule has 0 saturated carbocycles. The molecule has 1 aliphatic rings. The van der Waals surface area contributed by atoms with Crippen molar-refractivity contribution in [1.82, 2.24) is 14.7 Å². The number of nitrogens with zero attached hydrogens (tertiary/aromatic N) is 3. The van der Waals surface area contributed by atoms with Crippen LogP contribution in [0, 0.1) is 5.92 Å². The summed E-state index contributed by atoms with van der Waals surface area (Å²) in [6.07, 6.45) is 4.15. The first-order chi connectivity index (χ1) is 12.4. The van der Waals surface area contributed by atoms with Crippen molar-refractivity contribution in [3.05, 3.63) is 72.6 Å². The van der Waals surface area contributed by atoms with Gasteiger partial charge < -0.3 is 4.90 Å². The molecular formula is C19H18F3N3O. The minimum Gasteiger partial charge on any atom is -0.336 e. The lowest BCUT2D eigenvalue weighted by Crippen LogP contribution is -2.27. The molecule has 1 aliphatic heterocycles. The third-order valence-corrected chi connectivity index (χ3v) is 4.46. The lowest BCUT2D eigenvalue weighted by molar-refractivity contribution is -0.137. The average Bonchev–Trinajstić information content (AvgIpc) is 3.28. The third-order valence-electron chi connectivity index (χ3n) is 4.46. The molecule has 26 heavy (non-hydrogen) atoms. The highest BCUT2D eigenvalue weighted by Gasteiger charge is 2.34. The molecule has 2 aromatic rings. The Bertz CT molecular complexity index is 794. The van der Waals surface area contributed by atoms with E-state index in [9.17, 15) is 18.0 Å². The summed E-state index contributed by atoms with van der Waals surface area (Å²) in [5.41, 5.74) is -0.00148. The van der Waals surface area contributed by atoms with Crippen molar-refractivity contribution >= 4 is 12.0 Å². The summed E-state index contributed by atoms with van der Waals surface area (Å²) in [7, 11) is 0. The van der Waals surface area contributed by atoms with Crippen molar-refractivity contribution in [3.8, 4) is 0 Å². The Kier molecular flexibility index (Phi) is 4.97. The van der Waals surface area contributed by atoms with Crippen LogP contribution < -0.4 is 0 Å². The molecule has 1 saturated heterocycles. The number of likely N-dealkylation sites (tertiary alicyclic amines) is 1. The molecule has 136 valence electrons. The number of aromatic nitrogens is 2. The fraction of sp³-hybridized carbons (Fsp3) is 0.263. The normalized spacial score (nSPS) is 20.7. The van der Waals surface area contributed by atoms with Gasteiger partial charge in [-0.1, -0.05) is 30.9 Å². The monoisotopic (exact) mass is 361 g/mol. The van der Waals surface area contributed by atoms with Gasteiger partial charge in [0.15, 0.2) is 0 Å². The molecule has 0 N–H and O–H groups in total. The molecule has 1 aromatic carbocycles. The third kappa shape index (κ3) is 3.87. The van der Waals surface area contributed by atoms with Crippen molar-refractivity contribution in [2.75, 3.05) is 13.1 Å². The Morgan fingerprint density at radius 2 is 1.96 bits per heavy atom. The van der Waals surface area contributed by atoms with Gasteiger partial charge in [0.2, 0.25) is 5.91 Å². The molecule has 2 heterocycles. The Hall–Kier alpha value is -2.83. The summed E-state index contributed by atoms with van der Waals surface area (Å²) in [6.45, 7) is 4.53. The molecule has 1 fully saturated rings. The highest BCUT2D eigenvalue weighted by Crippen LogP contribution is 2.31. The summed E-state index contributed by atoms with van der Waals surface area (Å²) in [5, 5.41) is 4.26. The Morgan fingerprint density at radius 1 is 1.23 bits per heavy atom. The molecule has 0 bridgehead atoms. The minimum absolute atomic E-state index is 0.00101. The Morgan fingerprint density at radius 3 is 2.54 bits per heavy atom. The zero-order valence-electron chi connectivity index (χ0n) is 13.9. The van der Waals surface area contributed by atoms with E-state index in [1.165, 1.54) is 18.2 Å². The fourth-order valence-electron chi connectivity index (χ4n) is 3.08. The quantitative estimate of drug-likeness (QED) is 0.777. The number of amides is 1. The summed E-state index contributed by atoms with van der Waals surface area (Å²) in [4.78, 5) is 13.6.